The van der Waals surface area contributed by atoms with E-state index in [9.17, 15) is 19.2 Å². The van der Waals surface area contributed by atoms with Gasteiger partial charge in [-0.1, -0.05) is 0 Å². The summed E-state index contributed by atoms with van der Waals surface area (Å²) in [5, 5.41) is 2.44. The molecule has 26 heavy (non-hydrogen) atoms. The van der Waals surface area contributed by atoms with Gasteiger partial charge in [0.25, 0.3) is 5.91 Å². The molecule has 3 N–H and O–H groups in total. The van der Waals surface area contributed by atoms with Crippen molar-refractivity contribution < 1.29 is 23.9 Å². The predicted octanol–water partition coefficient (Wildman–Crippen LogP) is 1.24. The SMILES string of the molecule is C#CCCCCOc1ccc(C=O)c(C(=O)NC(CCC=O)C(N)=O)c1. The van der Waals surface area contributed by atoms with Gasteiger partial charge < -0.3 is 20.6 Å². The summed E-state index contributed by atoms with van der Waals surface area (Å²) < 4.78 is 5.56. The van der Waals surface area contributed by atoms with E-state index in [0.717, 1.165) is 12.8 Å². The number of hydrogen-bond acceptors (Lipinski definition) is 5. The van der Waals surface area contributed by atoms with Crippen LogP contribution in [0.4, 0.5) is 0 Å². The molecule has 2 amide bonds. The summed E-state index contributed by atoms with van der Waals surface area (Å²) in [6.45, 7) is 0.423. The number of amides is 2. The number of nitrogens with two attached hydrogens (primary N) is 1. The van der Waals surface area contributed by atoms with E-state index in [-0.39, 0.29) is 24.0 Å². The first-order valence-electron chi connectivity index (χ1n) is 8.22. The second-order valence-electron chi connectivity index (χ2n) is 5.55. The van der Waals surface area contributed by atoms with Crippen molar-refractivity contribution in [2.75, 3.05) is 6.61 Å². The molecule has 0 aliphatic carbocycles. The number of primary amides is 1. The number of aldehydes is 2. The van der Waals surface area contributed by atoms with Crippen LogP contribution in [0.2, 0.25) is 0 Å². The Labute approximate surface area is 152 Å². The van der Waals surface area contributed by atoms with Gasteiger partial charge >= 0.3 is 0 Å². The number of nitrogens with one attached hydrogen (secondary N) is 1. The number of rotatable bonds is 12. The Morgan fingerprint density at radius 1 is 1.31 bits per heavy atom. The van der Waals surface area contributed by atoms with Crippen molar-refractivity contribution >= 4 is 24.4 Å². The third kappa shape index (κ3) is 6.77. The van der Waals surface area contributed by atoms with E-state index in [1.807, 2.05) is 0 Å². The van der Waals surface area contributed by atoms with E-state index >= 15 is 0 Å². The molecular weight excluding hydrogens is 336 g/mol. The quantitative estimate of drug-likeness (QED) is 0.331. The number of carbonyl (C=O) groups excluding carboxylic acids is 4. The van der Waals surface area contributed by atoms with Gasteiger partial charge in [-0.05, 0) is 37.5 Å². The highest BCUT2D eigenvalue weighted by Crippen LogP contribution is 2.18. The van der Waals surface area contributed by atoms with Gasteiger partial charge in [-0.15, -0.1) is 12.3 Å². The lowest BCUT2D eigenvalue weighted by molar-refractivity contribution is -0.120. The molecule has 0 spiro atoms. The first kappa shape index (κ1) is 20.9. The number of benzene rings is 1. The summed E-state index contributed by atoms with van der Waals surface area (Å²) in [6, 6.07) is 3.47. The van der Waals surface area contributed by atoms with E-state index in [4.69, 9.17) is 16.9 Å². The topological polar surface area (TPSA) is 116 Å². The van der Waals surface area contributed by atoms with Crippen LogP contribution in [-0.4, -0.2) is 37.0 Å². The molecule has 1 aromatic carbocycles. The third-order valence-electron chi connectivity index (χ3n) is 3.60. The summed E-state index contributed by atoms with van der Waals surface area (Å²) in [5.74, 6) is 1.57. The minimum absolute atomic E-state index is 0.0680. The number of ether oxygens (including phenoxy) is 1. The van der Waals surface area contributed by atoms with E-state index in [2.05, 4.69) is 11.2 Å². The Hall–Kier alpha value is -3.14. The van der Waals surface area contributed by atoms with Crippen LogP contribution in [0.3, 0.4) is 0 Å². The van der Waals surface area contributed by atoms with Crippen molar-refractivity contribution in [3.05, 3.63) is 29.3 Å². The largest absolute Gasteiger partial charge is 0.494 e. The lowest BCUT2D eigenvalue weighted by Crippen LogP contribution is -2.44. The van der Waals surface area contributed by atoms with Gasteiger partial charge in [0.1, 0.15) is 18.1 Å². The monoisotopic (exact) mass is 358 g/mol. The third-order valence-corrected chi connectivity index (χ3v) is 3.60. The molecule has 0 aliphatic heterocycles. The standard InChI is InChI=1S/C19H22N2O5/c1-2-3-4-5-11-26-15-9-8-14(13-23)16(12-15)19(25)21-17(18(20)24)7-6-10-22/h1,8-10,12-13,17H,3-7,11H2,(H2,20,24)(H,21,25). The Morgan fingerprint density at radius 2 is 2.08 bits per heavy atom. The molecule has 1 unspecified atom stereocenters. The Kier molecular flexibility index (Phi) is 9.18. The molecule has 0 heterocycles. The van der Waals surface area contributed by atoms with Crippen molar-refractivity contribution in [2.24, 2.45) is 5.73 Å². The maximum Gasteiger partial charge on any atom is 0.252 e. The van der Waals surface area contributed by atoms with E-state index < -0.39 is 17.9 Å². The van der Waals surface area contributed by atoms with Crippen LogP contribution >= 0.6 is 0 Å². The van der Waals surface area contributed by atoms with Crippen LogP contribution in [0, 0.1) is 12.3 Å². The molecule has 0 aliphatic rings. The molecule has 0 saturated heterocycles. The van der Waals surface area contributed by atoms with Crippen LogP contribution in [0.25, 0.3) is 0 Å². The molecule has 0 bridgehead atoms. The van der Waals surface area contributed by atoms with Gasteiger partial charge in [0.05, 0.1) is 12.2 Å². The van der Waals surface area contributed by atoms with Gasteiger partial charge in [0, 0.05) is 18.4 Å². The summed E-state index contributed by atoms with van der Waals surface area (Å²) in [6.07, 6.45) is 8.77. The van der Waals surface area contributed by atoms with Gasteiger partial charge in [-0.3, -0.25) is 14.4 Å². The second kappa shape index (κ2) is 11.4. The fourth-order valence-corrected chi connectivity index (χ4v) is 2.20. The van der Waals surface area contributed by atoms with Gasteiger partial charge in [-0.2, -0.15) is 0 Å². The van der Waals surface area contributed by atoms with E-state index in [1.54, 1.807) is 6.07 Å². The Balaban J connectivity index is 2.84. The fourth-order valence-electron chi connectivity index (χ4n) is 2.20. The molecule has 1 atom stereocenters. The number of hydrogen-bond donors (Lipinski definition) is 2. The van der Waals surface area contributed by atoms with Crippen molar-refractivity contribution in [3.63, 3.8) is 0 Å². The summed E-state index contributed by atoms with van der Waals surface area (Å²) in [4.78, 5) is 45.5. The fraction of sp³-hybridized carbons (Fsp3) is 0.368. The molecule has 0 fully saturated rings. The zero-order chi connectivity index (χ0) is 19.4. The second-order valence-corrected chi connectivity index (χ2v) is 5.55. The van der Waals surface area contributed by atoms with Crippen molar-refractivity contribution in [3.8, 4) is 18.1 Å². The van der Waals surface area contributed by atoms with Crippen molar-refractivity contribution in [1.29, 1.82) is 0 Å². The van der Waals surface area contributed by atoms with Crippen LogP contribution in [0.1, 0.15) is 52.8 Å². The van der Waals surface area contributed by atoms with Crippen LogP contribution in [0.15, 0.2) is 18.2 Å². The highest BCUT2D eigenvalue weighted by atomic mass is 16.5. The Morgan fingerprint density at radius 3 is 2.69 bits per heavy atom. The average Bonchev–Trinajstić information content (AvgIpc) is 2.64. The zero-order valence-electron chi connectivity index (χ0n) is 14.4. The summed E-state index contributed by atoms with van der Waals surface area (Å²) in [7, 11) is 0. The van der Waals surface area contributed by atoms with Crippen molar-refractivity contribution in [2.45, 2.75) is 38.1 Å². The first-order valence-corrected chi connectivity index (χ1v) is 8.22. The minimum Gasteiger partial charge on any atom is -0.494 e. The van der Waals surface area contributed by atoms with E-state index in [0.29, 0.717) is 31.3 Å². The minimum atomic E-state index is -1.000. The van der Waals surface area contributed by atoms with Gasteiger partial charge in [0.2, 0.25) is 5.91 Å². The smallest absolute Gasteiger partial charge is 0.252 e. The maximum atomic E-state index is 12.4. The van der Waals surface area contributed by atoms with Gasteiger partial charge in [-0.25, -0.2) is 0 Å². The van der Waals surface area contributed by atoms with Crippen LogP contribution < -0.4 is 15.8 Å². The molecular formula is C19H22N2O5. The molecule has 7 nitrogen and oxygen atoms in total. The molecule has 0 aromatic heterocycles. The van der Waals surface area contributed by atoms with Crippen LogP contribution in [0.5, 0.6) is 5.75 Å². The van der Waals surface area contributed by atoms with Crippen LogP contribution in [-0.2, 0) is 9.59 Å². The molecule has 0 saturated carbocycles. The number of terminal acetylenes is 1. The lowest BCUT2D eigenvalue weighted by atomic mass is 10.1. The van der Waals surface area contributed by atoms with Gasteiger partial charge in [0.15, 0.2) is 6.29 Å². The first-order chi connectivity index (χ1) is 12.5. The summed E-state index contributed by atoms with van der Waals surface area (Å²) in [5.41, 5.74) is 5.45. The number of carbonyl (C=O) groups is 4. The van der Waals surface area contributed by atoms with Crippen molar-refractivity contribution in [1.82, 2.24) is 5.32 Å². The normalized spacial score (nSPS) is 11.0. The molecule has 1 aromatic rings. The van der Waals surface area contributed by atoms with E-state index in [1.165, 1.54) is 12.1 Å². The lowest BCUT2D eigenvalue weighted by Gasteiger charge is -2.15. The highest BCUT2D eigenvalue weighted by molar-refractivity contribution is 6.03. The molecule has 1 rings (SSSR count). The average molecular weight is 358 g/mol. The molecule has 7 heteroatoms. The summed E-state index contributed by atoms with van der Waals surface area (Å²) >= 11 is 0. The number of unbranched alkanes of at least 4 members (excludes halogenated alkanes) is 2. The zero-order valence-corrected chi connectivity index (χ0v) is 14.4. The molecule has 0 radical (unpaired) electrons. The molecule has 138 valence electrons. The Bertz CT molecular complexity index is 694. The highest BCUT2D eigenvalue weighted by Gasteiger charge is 2.20. The predicted molar refractivity (Wildman–Crippen MR) is 95.8 cm³/mol. The maximum absolute atomic E-state index is 12.4.